The van der Waals surface area contributed by atoms with E-state index in [4.69, 9.17) is 4.74 Å². The van der Waals surface area contributed by atoms with Crippen LogP contribution in [0, 0.1) is 0 Å². The number of fused-ring (bicyclic) bond motifs is 2. The molecule has 4 rings (SSSR count). The number of carbonyl (C=O) groups is 2. The summed E-state index contributed by atoms with van der Waals surface area (Å²) in [7, 11) is 0. The molecule has 0 fully saturated rings. The Hall–Kier alpha value is -3.35. The molecule has 1 aliphatic heterocycles. The number of hydrogen-bond donors (Lipinski definition) is 2. The summed E-state index contributed by atoms with van der Waals surface area (Å²) in [5, 5.41) is 5.59. The second-order valence-corrected chi connectivity index (χ2v) is 6.07. The number of nitrogens with one attached hydrogen (secondary N) is 2. The van der Waals surface area contributed by atoms with E-state index in [-0.39, 0.29) is 18.2 Å². The highest BCUT2D eigenvalue weighted by Gasteiger charge is 2.29. The Morgan fingerprint density at radius 1 is 1.19 bits per heavy atom. The highest BCUT2D eigenvalue weighted by molar-refractivity contribution is 5.99. The monoisotopic (exact) mass is 350 g/mol. The standard InChI is InChI=1S/C19H18N4O3/c24-18(11-17-19(25)22-14-6-2-4-8-16(14)26-17)20-9-10-23-12-21-13-5-1-3-7-15(13)23/h1-8,12,17H,9-11H2,(H,20,24)(H,22,25). The van der Waals surface area contributed by atoms with Crippen LogP contribution in [-0.4, -0.2) is 34.0 Å². The van der Waals surface area contributed by atoms with E-state index < -0.39 is 6.10 Å². The number of hydrogen-bond acceptors (Lipinski definition) is 4. The fraction of sp³-hybridized carbons (Fsp3) is 0.211. The molecule has 0 bridgehead atoms. The molecule has 132 valence electrons. The number of imidazole rings is 1. The Morgan fingerprint density at radius 3 is 2.92 bits per heavy atom. The number of rotatable bonds is 5. The molecule has 1 aromatic heterocycles. The highest BCUT2D eigenvalue weighted by Crippen LogP contribution is 2.29. The Bertz CT molecular complexity index is 966. The van der Waals surface area contributed by atoms with E-state index in [9.17, 15) is 9.59 Å². The fourth-order valence-electron chi connectivity index (χ4n) is 2.97. The quantitative estimate of drug-likeness (QED) is 0.736. The van der Waals surface area contributed by atoms with Crippen molar-refractivity contribution in [1.82, 2.24) is 14.9 Å². The number of ether oxygens (including phenoxy) is 1. The third-order valence-electron chi connectivity index (χ3n) is 4.28. The van der Waals surface area contributed by atoms with Crippen molar-refractivity contribution < 1.29 is 14.3 Å². The molecule has 2 N–H and O–H groups in total. The molecule has 1 atom stereocenters. The molecule has 2 heterocycles. The maximum atomic E-state index is 12.2. The van der Waals surface area contributed by atoms with Gasteiger partial charge in [0.1, 0.15) is 5.75 Å². The summed E-state index contributed by atoms with van der Waals surface area (Å²) in [6.45, 7) is 1.05. The molecular weight excluding hydrogens is 332 g/mol. The molecule has 0 saturated carbocycles. The lowest BCUT2D eigenvalue weighted by Gasteiger charge is -2.25. The summed E-state index contributed by atoms with van der Waals surface area (Å²) in [4.78, 5) is 28.6. The number of benzene rings is 2. The third-order valence-corrected chi connectivity index (χ3v) is 4.28. The zero-order valence-electron chi connectivity index (χ0n) is 14.0. The lowest BCUT2D eigenvalue weighted by Crippen LogP contribution is -2.41. The van der Waals surface area contributed by atoms with Gasteiger partial charge in [-0.05, 0) is 24.3 Å². The summed E-state index contributed by atoms with van der Waals surface area (Å²) in [6.07, 6.45) is 0.912. The fourth-order valence-corrected chi connectivity index (χ4v) is 2.97. The lowest BCUT2D eigenvalue weighted by molar-refractivity contribution is -0.130. The summed E-state index contributed by atoms with van der Waals surface area (Å²) in [5.74, 6) is 0.0446. The molecule has 0 aliphatic carbocycles. The van der Waals surface area contributed by atoms with Crippen LogP contribution in [-0.2, 0) is 16.1 Å². The van der Waals surface area contributed by atoms with Crippen LogP contribution >= 0.6 is 0 Å². The van der Waals surface area contributed by atoms with Gasteiger partial charge in [-0.2, -0.15) is 0 Å². The summed E-state index contributed by atoms with van der Waals surface area (Å²) in [6, 6.07) is 15.0. The number of anilines is 1. The average molecular weight is 350 g/mol. The first-order valence-electron chi connectivity index (χ1n) is 8.44. The number of aromatic nitrogens is 2. The van der Waals surface area contributed by atoms with Crippen LogP contribution in [0.2, 0.25) is 0 Å². The van der Waals surface area contributed by atoms with E-state index in [0.29, 0.717) is 24.5 Å². The number of para-hydroxylation sites is 4. The first-order valence-corrected chi connectivity index (χ1v) is 8.44. The van der Waals surface area contributed by atoms with E-state index in [1.807, 2.05) is 41.0 Å². The van der Waals surface area contributed by atoms with Crippen LogP contribution in [0.15, 0.2) is 54.9 Å². The summed E-state index contributed by atoms with van der Waals surface area (Å²) < 4.78 is 7.62. The van der Waals surface area contributed by atoms with Gasteiger partial charge in [0.25, 0.3) is 5.91 Å². The molecular formula is C19H18N4O3. The molecule has 1 aliphatic rings. The van der Waals surface area contributed by atoms with E-state index >= 15 is 0 Å². The van der Waals surface area contributed by atoms with Crippen molar-refractivity contribution >= 4 is 28.5 Å². The Morgan fingerprint density at radius 2 is 2.00 bits per heavy atom. The van der Waals surface area contributed by atoms with E-state index in [0.717, 1.165) is 11.0 Å². The number of carbonyl (C=O) groups excluding carboxylic acids is 2. The zero-order chi connectivity index (χ0) is 17.9. The van der Waals surface area contributed by atoms with Crippen LogP contribution in [0.3, 0.4) is 0 Å². The average Bonchev–Trinajstić information content (AvgIpc) is 3.06. The van der Waals surface area contributed by atoms with Crippen LogP contribution in [0.4, 0.5) is 5.69 Å². The molecule has 0 saturated heterocycles. The van der Waals surface area contributed by atoms with Crippen molar-refractivity contribution in [1.29, 1.82) is 0 Å². The van der Waals surface area contributed by atoms with Gasteiger partial charge in [0.05, 0.1) is 29.5 Å². The molecule has 1 unspecified atom stereocenters. The maximum absolute atomic E-state index is 12.2. The van der Waals surface area contributed by atoms with Gasteiger partial charge < -0.3 is 19.9 Å². The third kappa shape index (κ3) is 3.23. The second kappa shape index (κ2) is 6.87. The Balaban J connectivity index is 1.31. The maximum Gasteiger partial charge on any atom is 0.266 e. The zero-order valence-corrected chi connectivity index (χ0v) is 14.0. The van der Waals surface area contributed by atoms with E-state index in [1.54, 1.807) is 18.5 Å². The SMILES string of the molecule is O=C(CC1Oc2ccccc2NC1=O)NCCn1cnc2ccccc21. The van der Waals surface area contributed by atoms with Crippen LogP contribution in [0.25, 0.3) is 11.0 Å². The van der Waals surface area contributed by atoms with E-state index in [1.165, 1.54) is 0 Å². The van der Waals surface area contributed by atoms with Crippen LogP contribution in [0.5, 0.6) is 5.75 Å². The molecule has 2 aromatic carbocycles. The van der Waals surface area contributed by atoms with Gasteiger partial charge in [-0.25, -0.2) is 4.98 Å². The van der Waals surface area contributed by atoms with E-state index in [2.05, 4.69) is 15.6 Å². The van der Waals surface area contributed by atoms with Crippen LogP contribution < -0.4 is 15.4 Å². The first kappa shape index (κ1) is 16.1. The Labute approximate surface area is 150 Å². The normalized spacial score (nSPS) is 15.8. The van der Waals surface area contributed by atoms with Crippen molar-refractivity contribution in [3.8, 4) is 5.75 Å². The molecule has 0 radical (unpaired) electrons. The second-order valence-electron chi connectivity index (χ2n) is 6.07. The van der Waals surface area contributed by atoms with Crippen molar-refractivity contribution in [2.45, 2.75) is 19.1 Å². The van der Waals surface area contributed by atoms with Gasteiger partial charge in [-0.15, -0.1) is 0 Å². The minimum atomic E-state index is -0.820. The lowest BCUT2D eigenvalue weighted by atomic mass is 10.1. The first-order chi connectivity index (χ1) is 12.7. The Kier molecular flexibility index (Phi) is 4.27. The van der Waals surface area contributed by atoms with Crippen molar-refractivity contribution in [3.63, 3.8) is 0 Å². The van der Waals surface area contributed by atoms with Gasteiger partial charge in [0.15, 0.2) is 6.10 Å². The summed E-state index contributed by atoms with van der Waals surface area (Å²) in [5.41, 5.74) is 2.57. The molecule has 26 heavy (non-hydrogen) atoms. The van der Waals surface area contributed by atoms with Gasteiger partial charge in [-0.3, -0.25) is 9.59 Å². The molecule has 2 amide bonds. The largest absolute Gasteiger partial charge is 0.478 e. The van der Waals surface area contributed by atoms with Crippen molar-refractivity contribution in [2.24, 2.45) is 0 Å². The van der Waals surface area contributed by atoms with Gasteiger partial charge in [0.2, 0.25) is 5.91 Å². The minimum Gasteiger partial charge on any atom is -0.478 e. The minimum absolute atomic E-state index is 0.0230. The smallest absolute Gasteiger partial charge is 0.266 e. The van der Waals surface area contributed by atoms with Gasteiger partial charge >= 0.3 is 0 Å². The predicted octanol–water partition coefficient (Wildman–Crippen LogP) is 1.94. The van der Waals surface area contributed by atoms with Gasteiger partial charge in [0, 0.05) is 13.1 Å². The molecule has 0 spiro atoms. The van der Waals surface area contributed by atoms with Crippen LogP contribution in [0.1, 0.15) is 6.42 Å². The molecule has 3 aromatic rings. The number of nitrogens with zero attached hydrogens (tertiary/aromatic N) is 2. The van der Waals surface area contributed by atoms with Crippen molar-refractivity contribution in [3.05, 3.63) is 54.9 Å². The number of amides is 2. The van der Waals surface area contributed by atoms with Gasteiger partial charge in [-0.1, -0.05) is 24.3 Å². The molecule has 7 heteroatoms. The van der Waals surface area contributed by atoms with Crippen molar-refractivity contribution in [2.75, 3.05) is 11.9 Å². The summed E-state index contributed by atoms with van der Waals surface area (Å²) >= 11 is 0. The highest BCUT2D eigenvalue weighted by atomic mass is 16.5. The topological polar surface area (TPSA) is 85.2 Å². The predicted molar refractivity (Wildman–Crippen MR) is 96.8 cm³/mol. The molecule has 7 nitrogen and oxygen atoms in total.